The third-order valence-corrected chi connectivity index (χ3v) is 7.27. The normalized spacial score (nSPS) is 15.8. The van der Waals surface area contributed by atoms with Crippen LogP contribution in [-0.2, 0) is 16.4 Å². The number of ether oxygens (including phenoxy) is 1. The van der Waals surface area contributed by atoms with Crippen molar-refractivity contribution in [3.05, 3.63) is 53.1 Å². The minimum Gasteiger partial charge on any atom is -0.495 e. The molecule has 0 radical (unpaired) electrons. The molecule has 1 saturated heterocycles. The lowest BCUT2D eigenvalue weighted by Crippen LogP contribution is -2.49. The van der Waals surface area contributed by atoms with Gasteiger partial charge in [-0.1, -0.05) is 25.1 Å². The number of sulfonamides is 1. The quantitative estimate of drug-likeness (QED) is 0.788. The van der Waals surface area contributed by atoms with Crippen molar-refractivity contribution in [1.29, 1.82) is 0 Å². The van der Waals surface area contributed by atoms with Gasteiger partial charge < -0.3 is 9.64 Å². The van der Waals surface area contributed by atoms with Gasteiger partial charge in [0.25, 0.3) is 0 Å². The molecule has 146 valence electrons. The lowest BCUT2D eigenvalue weighted by Gasteiger charge is -2.36. The van der Waals surface area contributed by atoms with Crippen molar-refractivity contribution >= 4 is 15.7 Å². The highest BCUT2D eigenvalue weighted by molar-refractivity contribution is 7.89. The van der Waals surface area contributed by atoms with E-state index >= 15 is 0 Å². The Labute approximate surface area is 162 Å². The van der Waals surface area contributed by atoms with Crippen LogP contribution < -0.4 is 9.64 Å². The maximum Gasteiger partial charge on any atom is 0.246 e. The standard InChI is InChI=1S/C21H28N2O3S/c1-5-18-8-6-7-9-19(18)22-10-12-23(13-11-22)27(24,25)21-15-17(3)16(2)14-20(21)26-4/h6-9,14-15H,5,10-13H2,1-4H3. The summed E-state index contributed by atoms with van der Waals surface area (Å²) in [6.45, 7) is 8.33. The SMILES string of the molecule is CCc1ccccc1N1CCN(S(=O)(=O)c2cc(C)c(C)cc2OC)CC1. The Morgan fingerprint density at radius 1 is 1.00 bits per heavy atom. The highest BCUT2D eigenvalue weighted by atomic mass is 32.2. The van der Waals surface area contributed by atoms with Gasteiger partial charge in [0.05, 0.1) is 7.11 Å². The third-order valence-electron chi connectivity index (χ3n) is 5.35. The molecule has 0 aliphatic carbocycles. The van der Waals surface area contributed by atoms with E-state index in [1.807, 2.05) is 19.9 Å². The van der Waals surface area contributed by atoms with E-state index in [0.29, 0.717) is 31.9 Å². The monoisotopic (exact) mass is 388 g/mol. The molecule has 5 nitrogen and oxygen atoms in total. The fourth-order valence-corrected chi connectivity index (χ4v) is 5.20. The van der Waals surface area contributed by atoms with Crippen LogP contribution in [0.1, 0.15) is 23.6 Å². The summed E-state index contributed by atoms with van der Waals surface area (Å²) in [4.78, 5) is 2.54. The molecule has 0 spiro atoms. The molecule has 0 saturated carbocycles. The van der Waals surface area contributed by atoms with Gasteiger partial charge in [-0.05, 0) is 55.2 Å². The fraction of sp³-hybridized carbons (Fsp3) is 0.429. The topological polar surface area (TPSA) is 49.9 Å². The van der Waals surface area contributed by atoms with Gasteiger partial charge in [-0.25, -0.2) is 8.42 Å². The van der Waals surface area contributed by atoms with Gasteiger partial charge in [-0.2, -0.15) is 4.31 Å². The molecule has 0 aromatic heterocycles. The molecule has 1 aliphatic heterocycles. The van der Waals surface area contributed by atoms with Crippen molar-refractivity contribution in [1.82, 2.24) is 4.31 Å². The van der Waals surface area contributed by atoms with Crippen molar-refractivity contribution < 1.29 is 13.2 Å². The second kappa shape index (κ2) is 7.90. The summed E-state index contributed by atoms with van der Waals surface area (Å²) in [6, 6.07) is 11.9. The zero-order valence-electron chi connectivity index (χ0n) is 16.5. The molecule has 27 heavy (non-hydrogen) atoms. The lowest BCUT2D eigenvalue weighted by atomic mass is 10.1. The smallest absolute Gasteiger partial charge is 0.246 e. The van der Waals surface area contributed by atoms with E-state index < -0.39 is 10.0 Å². The molecule has 6 heteroatoms. The highest BCUT2D eigenvalue weighted by Gasteiger charge is 2.31. The average Bonchev–Trinajstić information content (AvgIpc) is 2.69. The second-order valence-electron chi connectivity index (χ2n) is 6.96. The Balaban J connectivity index is 1.82. The number of benzene rings is 2. The average molecular weight is 389 g/mol. The first-order valence-electron chi connectivity index (χ1n) is 9.36. The number of hydrogen-bond acceptors (Lipinski definition) is 4. The number of hydrogen-bond donors (Lipinski definition) is 0. The Bertz CT molecular complexity index is 917. The molecule has 0 atom stereocenters. The minimum atomic E-state index is -3.58. The number of rotatable bonds is 5. The summed E-state index contributed by atoms with van der Waals surface area (Å²) in [7, 11) is -2.07. The van der Waals surface area contributed by atoms with Gasteiger partial charge in [-0.15, -0.1) is 0 Å². The highest BCUT2D eigenvalue weighted by Crippen LogP contribution is 2.31. The van der Waals surface area contributed by atoms with Gasteiger partial charge in [0.15, 0.2) is 0 Å². The second-order valence-corrected chi connectivity index (χ2v) is 8.87. The molecule has 1 heterocycles. The number of piperazine rings is 1. The molecule has 2 aromatic rings. The van der Waals surface area contributed by atoms with Crippen molar-refractivity contribution in [3.8, 4) is 5.75 Å². The van der Waals surface area contributed by atoms with Crippen molar-refractivity contribution in [2.45, 2.75) is 32.1 Å². The minimum absolute atomic E-state index is 0.260. The first kappa shape index (κ1) is 19.7. The summed E-state index contributed by atoms with van der Waals surface area (Å²) < 4.78 is 33.4. The number of anilines is 1. The fourth-order valence-electron chi connectivity index (χ4n) is 3.55. The van der Waals surface area contributed by atoms with Gasteiger partial charge in [-0.3, -0.25) is 0 Å². The molecule has 1 fully saturated rings. The zero-order chi connectivity index (χ0) is 19.6. The van der Waals surface area contributed by atoms with Gasteiger partial charge in [0.1, 0.15) is 10.6 Å². The Morgan fingerprint density at radius 3 is 2.26 bits per heavy atom. The van der Waals surface area contributed by atoms with Crippen LogP contribution in [0.3, 0.4) is 0 Å². The molecular weight excluding hydrogens is 360 g/mol. The van der Waals surface area contributed by atoms with Crippen molar-refractivity contribution in [2.24, 2.45) is 0 Å². The van der Waals surface area contributed by atoms with E-state index in [1.54, 1.807) is 16.4 Å². The zero-order valence-corrected chi connectivity index (χ0v) is 17.3. The van der Waals surface area contributed by atoms with Gasteiger partial charge in [0.2, 0.25) is 10.0 Å². The van der Waals surface area contributed by atoms with Crippen molar-refractivity contribution in [3.63, 3.8) is 0 Å². The van der Waals surface area contributed by atoms with Crippen LogP contribution in [0, 0.1) is 13.8 Å². The van der Waals surface area contributed by atoms with E-state index in [-0.39, 0.29) is 4.90 Å². The summed E-state index contributed by atoms with van der Waals surface area (Å²) in [5.74, 6) is 0.414. The molecule has 2 aromatic carbocycles. The predicted molar refractivity (Wildman–Crippen MR) is 109 cm³/mol. The van der Waals surface area contributed by atoms with Crippen LogP contribution in [0.5, 0.6) is 5.75 Å². The first-order chi connectivity index (χ1) is 12.9. The van der Waals surface area contributed by atoms with E-state index in [4.69, 9.17) is 4.74 Å². The van der Waals surface area contributed by atoms with Crippen LogP contribution in [-0.4, -0.2) is 46.0 Å². The maximum absolute atomic E-state index is 13.2. The van der Waals surface area contributed by atoms with Crippen LogP contribution in [0.4, 0.5) is 5.69 Å². The molecule has 0 amide bonds. The molecule has 0 unspecified atom stereocenters. The van der Waals surface area contributed by atoms with Crippen LogP contribution >= 0.6 is 0 Å². The number of nitrogens with zero attached hydrogens (tertiary/aromatic N) is 2. The predicted octanol–water partition coefficient (Wildman–Crippen LogP) is 3.39. The molecule has 1 aliphatic rings. The lowest BCUT2D eigenvalue weighted by molar-refractivity contribution is 0.374. The van der Waals surface area contributed by atoms with Gasteiger partial charge in [0, 0.05) is 31.9 Å². The Morgan fingerprint density at radius 2 is 1.63 bits per heavy atom. The molecule has 0 N–H and O–H groups in total. The Hall–Kier alpha value is -2.05. The van der Waals surface area contributed by atoms with E-state index in [0.717, 1.165) is 17.5 Å². The summed E-state index contributed by atoms with van der Waals surface area (Å²) in [5.41, 5.74) is 4.47. The molecule has 3 rings (SSSR count). The molecular formula is C21H28N2O3S. The van der Waals surface area contributed by atoms with E-state index in [9.17, 15) is 8.42 Å². The van der Waals surface area contributed by atoms with Crippen LogP contribution in [0.25, 0.3) is 0 Å². The molecule has 0 bridgehead atoms. The largest absolute Gasteiger partial charge is 0.495 e. The summed E-state index contributed by atoms with van der Waals surface area (Å²) >= 11 is 0. The number of aryl methyl sites for hydroxylation is 3. The summed E-state index contributed by atoms with van der Waals surface area (Å²) in [6.07, 6.45) is 0.967. The third kappa shape index (κ3) is 3.82. The summed E-state index contributed by atoms with van der Waals surface area (Å²) in [5, 5.41) is 0. The van der Waals surface area contributed by atoms with Crippen molar-refractivity contribution in [2.75, 3.05) is 38.2 Å². The van der Waals surface area contributed by atoms with Gasteiger partial charge >= 0.3 is 0 Å². The number of methoxy groups -OCH3 is 1. The Kier molecular flexibility index (Phi) is 5.77. The van der Waals surface area contributed by atoms with E-state index in [1.165, 1.54) is 18.4 Å². The maximum atomic E-state index is 13.2. The first-order valence-corrected chi connectivity index (χ1v) is 10.8. The number of para-hydroxylation sites is 1. The van der Waals surface area contributed by atoms with Crippen LogP contribution in [0.15, 0.2) is 41.3 Å². The van der Waals surface area contributed by atoms with E-state index in [2.05, 4.69) is 30.0 Å². The van der Waals surface area contributed by atoms with Crippen LogP contribution in [0.2, 0.25) is 0 Å².